The third kappa shape index (κ3) is 2.46. The Kier molecular flexibility index (Phi) is 2.94. The Morgan fingerprint density at radius 2 is 1.91 bits per heavy atom. The van der Waals surface area contributed by atoms with Crippen LogP contribution < -0.4 is 11.5 Å². The van der Waals surface area contributed by atoms with Gasteiger partial charge >= 0.3 is 0 Å². The Hall–Kier alpha value is -3.42. The van der Waals surface area contributed by atoms with E-state index in [1.807, 2.05) is 42.7 Å². The van der Waals surface area contributed by atoms with Crippen LogP contribution in [-0.2, 0) is 6.42 Å². The maximum atomic E-state index is 5.82. The first-order valence-corrected chi connectivity index (χ1v) is 7.04. The monoisotopic (exact) mass is 306 g/mol. The van der Waals surface area contributed by atoms with Crippen LogP contribution in [0.15, 0.2) is 42.7 Å². The lowest BCUT2D eigenvalue weighted by Crippen LogP contribution is -1.96. The number of pyridine rings is 1. The zero-order valence-electron chi connectivity index (χ0n) is 12.1. The van der Waals surface area contributed by atoms with Crippen molar-refractivity contribution >= 4 is 22.7 Å². The molecule has 0 saturated carbocycles. The number of nitrogens with one attached hydrogen (secondary N) is 1. The first-order chi connectivity index (χ1) is 11.2. The van der Waals surface area contributed by atoms with Crippen molar-refractivity contribution in [1.29, 1.82) is 0 Å². The molecule has 5 N–H and O–H groups in total. The molecular weight excluding hydrogens is 292 g/mol. The fourth-order valence-electron chi connectivity index (χ4n) is 2.49. The highest BCUT2D eigenvalue weighted by Crippen LogP contribution is 2.19. The molecule has 3 heterocycles. The summed E-state index contributed by atoms with van der Waals surface area (Å²) in [6.45, 7) is 0. The number of H-pyrrole nitrogens is 1. The number of nitrogens with two attached hydrogens (primary N) is 2. The topological polar surface area (TPSA) is 124 Å². The van der Waals surface area contributed by atoms with E-state index in [0.29, 0.717) is 17.9 Å². The van der Waals surface area contributed by atoms with E-state index in [0.717, 1.165) is 28.0 Å². The average Bonchev–Trinajstić information content (AvgIpc) is 3.17. The number of hydrogen-bond donors (Lipinski definition) is 3. The molecule has 114 valence electrons. The van der Waals surface area contributed by atoms with E-state index in [2.05, 4.69) is 25.5 Å². The fraction of sp³-hybridized carbons (Fsp3) is 0.0667. The van der Waals surface area contributed by atoms with Crippen LogP contribution in [0.25, 0.3) is 16.9 Å². The van der Waals surface area contributed by atoms with Gasteiger partial charge in [0.25, 0.3) is 0 Å². The predicted octanol–water partition coefficient (Wildman–Crippen LogP) is 1.29. The molecule has 0 fully saturated rings. The van der Waals surface area contributed by atoms with Crippen molar-refractivity contribution in [2.45, 2.75) is 6.42 Å². The summed E-state index contributed by atoms with van der Waals surface area (Å²) >= 11 is 0. The fourth-order valence-corrected chi connectivity index (χ4v) is 2.49. The minimum Gasteiger partial charge on any atom is -0.399 e. The smallest absolute Gasteiger partial charge is 0.203 e. The van der Waals surface area contributed by atoms with Crippen molar-refractivity contribution in [3.8, 4) is 5.69 Å². The highest BCUT2D eigenvalue weighted by atomic mass is 15.3. The number of fused-ring (bicyclic) bond motifs is 1. The van der Waals surface area contributed by atoms with Gasteiger partial charge in [-0.15, -0.1) is 5.10 Å². The molecule has 0 bridgehead atoms. The Labute approximate surface area is 131 Å². The van der Waals surface area contributed by atoms with E-state index in [9.17, 15) is 0 Å². The Morgan fingerprint density at radius 1 is 1.09 bits per heavy atom. The van der Waals surface area contributed by atoms with Crippen LogP contribution in [-0.4, -0.2) is 30.2 Å². The van der Waals surface area contributed by atoms with Gasteiger partial charge in [0.2, 0.25) is 5.65 Å². The summed E-state index contributed by atoms with van der Waals surface area (Å²) < 4.78 is 1.80. The van der Waals surface area contributed by atoms with Crippen molar-refractivity contribution in [2.24, 2.45) is 0 Å². The molecule has 0 saturated heterocycles. The number of nitrogen functional groups attached to an aromatic ring is 2. The molecular formula is C15H14N8. The van der Waals surface area contributed by atoms with Gasteiger partial charge < -0.3 is 11.5 Å². The first kappa shape index (κ1) is 13.3. The quantitative estimate of drug-likeness (QED) is 0.490. The second-order valence-corrected chi connectivity index (χ2v) is 5.26. The number of nitrogens with zero attached hydrogens (tertiary/aromatic N) is 5. The molecule has 3 aromatic heterocycles. The molecule has 8 nitrogen and oxygen atoms in total. The molecule has 0 atom stereocenters. The van der Waals surface area contributed by atoms with Gasteiger partial charge in [-0.3, -0.25) is 0 Å². The lowest BCUT2D eigenvalue weighted by molar-refractivity contribution is 0.880. The number of aromatic amines is 1. The second-order valence-electron chi connectivity index (χ2n) is 5.26. The van der Waals surface area contributed by atoms with E-state index < -0.39 is 0 Å². The predicted molar refractivity (Wildman–Crippen MR) is 86.9 cm³/mol. The minimum atomic E-state index is 0.423. The van der Waals surface area contributed by atoms with E-state index >= 15 is 0 Å². The van der Waals surface area contributed by atoms with Gasteiger partial charge in [0.1, 0.15) is 11.3 Å². The Morgan fingerprint density at radius 3 is 2.74 bits per heavy atom. The lowest BCUT2D eigenvalue weighted by atomic mass is 10.1. The van der Waals surface area contributed by atoms with Crippen LogP contribution >= 0.6 is 0 Å². The van der Waals surface area contributed by atoms with E-state index in [1.54, 1.807) is 4.68 Å². The normalized spacial score (nSPS) is 11.1. The maximum Gasteiger partial charge on any atom is 0.203 e. The van der Waals surface area contributed by atoms with Crippen LogP contribution in [0.4, 0.5) is 11.5 Å². The number of hydrogen-bond acceptors (Lipinski definition) is 6. The van der Waals surface area contributed by atoms with Gasteiger partial charge in [-0.05, 0) is 41.5 Å². The summed E-state index contributed by atoms with van der Waals surface area (Å²) in [5.74, 6) is 0.423. The average molecular weight is 306 g/mol. The molecule has 4 rings (SSSR count). The summed E-state index contributed by atoms with van der Waals surface area (Å²) in [5, 5.41) is 15.1. The second kappa shape index (κ2) is 5.09. The van der Waals surface area contributed by atoms with Crippen LogP contribution in [0.3, 0.4) is 0 Å². The van der Waals surface area contributed by atoms with Crippen molar-refractivity contribution in [1.82, 2.24) is 30.2 Å². The van der Waals surface area contributed by atoms with Crippen LogP contribution in [0, 0.1) is 0 Å². The van der Waals surface area contributed by atoms with Gasteiger partial charge in [-0.25, -0.2) is 9.67 Å². The molecule has 0 spiro atoms. The van der Waals surface area contributed by atoms with Crippen molar-refractivity contribution in [2.75, 3.05) is 11.5 Å². The van der Waals surface area contributed by atoms with Gasteiger partial charge in [-0.1, -0.05) is 0 Å². The van der Waals surface area contributed by atoms with Gasteiger partial charge in [0.05, 0.1) is 11.9 Å². The molecule has 0 aliphatic heterocycles. The Bertz CT molecular complexity index is 967. The summed E-state index contributed by atoms with van der Waals surface area (Å²) in [6.07, 6.45) is 4.43. The summed E-state index contributed by atoms with van der Waals surface area (Å²) in [4.78, 5) is 4.14. The van der Waals surface area contributed by atoms with Crippen molar-refractivity contribution in [3.05, 3.63) is 53.9 Å². The summed E-state index contributed by atoms with van der Waals surface area (Å²) in [5.41, 5.74) is 16.4. The maximum absolute atomic E-state index is 5.82. The molecule has 0 amide bonds. The number of aromatic nitrogens is 6. The molecule has 0 radical (unpaired) electrons. The molecule has 23 heavy (non-hydrogen) atoms. The Balaban J connectivity index is 1.67. The minimum absolute atomic E-state index is 0.423. The zero-order chi connectivity index (χ0) is 15.8. The first-order valence-electron chi connectivity index (χ1n) is 7.04. The summed E-state index contributed by atoms with van der Waals surface area (Å²) in [7, 11) is 0. The largest absolute Gasteiger partial charge is 0.399 e. The third-order valence-corrected chi connectivity index (χ3v) is 3.58. The van der Waals surface area contributed by atoms with Crippen LogP contribution in [0.2, 0.25) is 0 Å². The van der Waals surface area contributed by atoms with Crippen molar-refractivity contribution < 1.29 is 0 Å². The lowest BCUT2D eigenvalue weighted by Gasteiger charge is -2.02. The molecule has 0 unspecified atom stereocenters. The zero-order valence-corrected chi connectivity index (χ0v) is 12.1. The number of rotatable bonds is 3. The standard InChI is InChI=1S/C15H14N8/c16-11-1-3-12(4-2-11)23-8-9(7-18-23)5-10-6-13(17)19-15-14(10)20-22-21-15/h1-4,6-8H,5,16H2,(H3,17,19,20,21,22). The molecule has 0 aliphatic carbocycles. The molecule has 8 heteroatoms. The highest BCUT2D eigenvalue weighted by molar-refractivity contribution is 5.76. The molecule has 1 aromatic carbocycles. The van der Waals surface area contributed by atoms with Gasteiger partial charge in [0, 0.05) is 18.3 Å². The van der Waals surface area contributed by atoms with Gasteiger partial charge in [-0.2, -0.15) is 15.4 Å². The highest BCUT2D eigenvalue weighted by Gasteiger charge is 2.10. The van der Waals surface area contributed by atoms with E-state index in [1.165, 1.54) is 0 Å². The summed E-state index contributed by atoms with van der Waals surface area (Å²) in [6, 6.07) is 9.35. The van der Waals surface area contributed by atoms with Crippen LogP contribution in [0.5, 0.6) is 0 Å². The SMILES string of the molecule is Nc1ccc(-n2cc(Cc3cc(N)nc4n[nH]nc34)cn2)cc1. The third-order valence-electron chi connectivity index (χ3n) is 3.58. The number of anilines is 2. The van der Waals surface area contributed by atoms with Crippen LogP contribution in [0.1, 0.15) is 11.1 Å². The van der Waals surface area contributed by atoms with E-state index in [4.69, 9.17) is 11.5 Å². The molecule has 0 aliphatic rings. The van der Waals surface area contributed by atoms with Crippen molar-refractivity contribution in [3.63, 3.8) is 0 Å². The van der Waals surface area contributed by atoms with E-state index in [-0.39, 0.29) is 0 Å². The molecule has 4 aromatic rings. The number of benzene rings is 1. The van der Waals surface area contributed by atoms with Gasteiger partial charge in [0.15, 0.2) is 0 Å².